The molecule has 1 unspecified atom stereocenters. The second kappa shape index (κ2) is 7.84. The van der Waals surface area contributed by atoms with Crippen LogP contribution in [0.4, 0.5) is 5.95 Å². The van der Waals surface area contributed by atoms with Gasteiger partial charge in [-0.25, -0.2) is 4.79 Å². The van der Waals surface area contributed by atoms with E-state index in [1.54, 1.807) is 7.05 Å². The Hall–Kier alpha value is -2.91. The molecule has 0 bridgehead atoms. The van der Waals surface area contributed by atoms with Crippen LogP contribution in [-0.4, -0.2) is 56.6 Å². The van der Waals surface area contributed by atoms with Gasteiger partial charge in [0.15, 0.2) is 11.2 Å². The van der Waals surface area contributed by atoms with Crippen molar-refractivity contribution < 1.29 is 5.11 Å². The molecule has 1 saturated heterocycles. The van der Waals surface area contributed by atoms with E-state index in [-0.39, 0.29) is 18.1 Å². The van der Waals surface area contributed by atoms with Gasteiger partial charge in [-0.1, -0.05) is 30.3 Å². The van der Waals surface area contributed by atoms with Crippen LogP contribution in [0.2, 0.25) is 0 Å². The second-order valence-electron chi connectivity index (χ2n) is 7.56. The van der Waals surface area contributed by atoms with Crippen molar-refractivity contribution in [1.29, 1.82) is 0 Å². The summed E-state index contributed by atoms with van der Waals surface area (Å²) in [5, 5.41) is 13.0. The van der Waals surface area contributed by atoms with Crippen molar-refractivity contribution in [2.24, 2.45) is 20.0 Å². The minimum atomic E-state index is -0.399. The lowest BCUT2D eigenvalue weighted by Gasteiger charge is -2.25. The fourth-order valence-corrected chi connectivity index (χ4v) is 3.88. The van der Waals surface area contributed by atoms with Gasteiger partial charge in [0.2, 0.25) is 5.95 Å². The van der Waals surface area contributed by atoms with Crippen molar-refractivity contribution in [2.75, 3.05) is 37.7 Å². The predicted molar refractivity (Wildman–Crippen MR) is 111 cm³/mol. The van der Waals surface area contributed by atoms with E-state index < -0.39 is 5.69 Å². The number of rotatable bonds is 4. The molecule has 1 aliphatic heterocycles. The number of anilines is 1. The van der Waals surface area contributed by atoms with E-state index >= 15 is 0 Å². The molecule has 0 spiro atoms. The Morgan fingerprint density at radius 3 is 2.66 bits per heavy atom. The van der Waals surface area contributed by atoms with Crippen LogP contribution in [-0.2, 0) is 20.6 Å². The third-order valence-corrected chi connectivity index (χ3v) is 5.52. The molecular weight excluding hydrogens is 372 g/mol. The van der Waals surface area contributed by atoms with Crippen LogP contribution in [0.1, 0.15) is 5.56 Å². The van der Waals surface area contributed by atoms with Crippen molar-refractivity contribution in [3.05, 3.63) is 56.7 Å². The Balaban J connectivity index is 1.94. The van der Waals surface area contributed by atoms with Gasteiger partial charge in [0, 0.05) is 52.8 Å². The lowest BCUT2D eigenvalue weighted by atomic mass is 10.1. The van der Waals surface area contributed by atoms with E-state index in [2.05, 4.69) is 10.2 Å². The largest absolute Gasteiger partial charge is 0.396 e. The SMILES string of the molecule is Cn1c(=O)c2c(nc(N3CCNCC(CO)C3)n2Cc2ccccc2)n(C)c1=O. The molecule has 4 rings (SSSR count). The van der Waals surface area contributed by atoms with Crippen molar-refractivity contribution in [2.45, 2.75) is 6.54 Å². The van der Waals surface area contributed by atoms with E-state index in [9.17, 15) is 14.7 Å². The first-order valence-corrected chi connectivity index (χ1v) is 9.78. The molecule has 3 heterocycles. The molecule has 0 saturated carbocycles. The van der Waals surface area contributed by atoms with E-state index in [4.69, 9.17) is 4.98 Å². The Morgan fingerprint density at radius 1 is 1.17 bits per heavy atom. The van der Waals surface area contributed by atoms with Crippen LogP contribution in [0, 0.1) is 5.92 Å². The number of aryl methyl sites for hydroxylation is 1. The zero-order valence-electron chi connectivity index (χ0n) is 16.7. The molecule has 1 aliphatic rings. The number of nitrogens with zero attached hydrogens (tertiary/aromatic N) is 5. The van der Waals surface area contributed by atoms with Crippen LogP contribution < -0.4 is 21.5 Å². The van der Waals surface area contributed by atoms with Crippen LogP contribution in [0.3, 0.4) is 0 Å². The van der Waals surface area contributed by atoms with Gasteiger partial charge in [0.25, 0.3) is 5.56 Å². The van der Waals surface area contributed by atoms with E-state index in [1.807, 2.05) is 34.9 Å². The van der Waals surface area contributed by atoms with E-state index in [0.717, 1.165) is 23.2 Å². The molecule has 1 aromatic carbocycles. The maximum absolute atomic E-state index is 13.0. The third kappa shape index (κ3) is 3.47. The average molecular weight is 398 g/mol. The van der Waals surface area contributed by atoms with E-state index in [0.29, 0.717) is 36.7 Å². The minimum Gasteiger partial charge on any atom is -0.396 e. The summed E-state index contributed by atoms with van der Waals surface area (Å²) in [5.74, 6) is 0.707. The lowest BCUT2D eigenvalue weighted by molar-refractivity contribution is 0.230. The molecule has 2 N–H and O–H groups in total. The number of nitrogens with one attached hydrogen (secondary N) is 1. The topological polar surface area (TPSA) is 97.3 Å². The second-order valence-corrected chi connectivity index (χ2v) is 7.56. The number of aromatic nitrogens is 4. The number of benzene rings is 1. The third-order valence-electron chi connectivity index (χ3n) is 5.52. The summed E-state index contributed by atoms with van der Waals surface area (Å²) in [6.45, 7) is 3.34. The molecule has 1 atom stereocenters. The quantitative estimate of drug-likeness (QED) is 0.615. The summed E-state index contributed by atoms with van der Waals surface area (Å²) in [4.78, 5) is 32.3. The first kappa shape index (κ1) is 19.4. The maximum atomic E-state index is 13.0. The Bertz CT molecular complexity index is 1130. The molecule has 9 nitrogen and oxygen atoms in total. The van der Waals surface area contributed by atoms with E-state index in [1.165, 1.54) is 11.6 Å². The van der Waals surface area contributed by atoms with Gasteiger partial charge in [0.1, 0.15) is 0 Å². The van der Waals surface area contributed by atoms with Gasteiger partial charge in [-0.15, -0.1) is 0 Å². The number of aliphatic hydroxyl groups excluding tert-OH is 1. The first-order valence-electron chi connectivity index (χ1n) is 9.78. The molecule has 0 radical (unpaired) electrons. The molecule has 2 aromatic heterocycles. The highest BCUT2D eigenvalue weighted by molar-refractivity contribution is 5.74. The molecule has 9 heteroatoms. The fraction of sp³-hybridized carbons (Fsp3) is 0.450. The summed E-state index contributed by atoms with van der Waals surface area (Å²) < 4.78 is 4.43. The zero-order chi connectivity index (χ0) is 20.5. The number of imidazole rings is 1. The summed E-state index contributed by atoms with van der Waals surface area (Å²) >= 11 is 0. The monoisotopic (exact) mass is 398 g/mol. The highest BCUT2D eigenvalue weighted by Gasteiger charge is 2.25. The normalized spacial score (nSPS) is 17.6. The summed E-state index contributed by atoms with van der Waals surface area (Å²) in [6.07, 6.45) is 0. The van der Waals surface area contributed by atoms with Gasteiger partial charge in [0.05, 0.1) is 6.54 Å². The summed E-state index contributed by atoms with van der Waals surface area (Å²) in [6, 6.07) is 9.87. The molecule has 0 aliphatic carbocycles. The number of hydrogen-bond donors (Lipinski definition) is 2. The van der Waals surface area contributed by atoms with Gasteiger partial charge in [-0.05, 0) is 5.56 Å². The van der Waals surface area contributed by atoms with Gasteiger partial charge in [-0.2, -0.15) is 4.98 Å². The molecule has 3 aromatic rings. The number of hydrogen-bond acceptors (Lipinski definition) is 6. The van der Waals surface area contributed by atoms with Crippen molar-refractivity contribution >= 4 is 17.1 Å². The standard InChI is InChI=1S/C20H26N6O3/c1-23-17-16(18(28)24(2)20(23)29)26(12-14-6-4-3-5-7-14)19(22-17)25-9-8-21-10-15(11-25)13-27/h3-7,15,21,27H,8-13H2,1-2H3. The summed E-state index contributed by atoms with van der Waals surface area (Å²) in [5.41, 5.74) is 1.07. The van der Waals surface area contributed by atoms with Gasteiger partial charge in [-0.3, -0.25) is 18.5 Å². The average Bonchev–Trinajstić information content (AvgIpc) is 2.94. The van der Waals surface area contributed by atoms with Crippen LogP contribution in [0.15, 0.2) is 39.9 Å². The lowest BCUT2D eigenvalue weighted by Crippen LogP contribution is -2.37. The Morgan fingerprint density at radius 2 is 1.93 bits per heavy atom. The molecular formula is C20H26N6O3. The van der Waals surface area contributed by atoms with Crippen molar-refractivity contribution in [1.82, 2.24) is 24.0 Å². The van der Waals surface area contributed by atoms with Crippen molar-refractivity contribution in [3.8, 4) is 0 Å². The highest BCUT2D eigenvalue weighted by Crippen LogP contribution is 2.22. The molecule has 154 valence electrons. The van der Waals surface area contributed by atoms with Crippen LogP contribution in [0.25, 0.3) is 11.2 Å². The van der Waals surface area contributed by atoms with Crippen LogP contribution in [0.5, 0.6) is 0 Å². The van der Waals surface area contributed by atoms with Gasteiger partial charge < -0.3 is 15.3 Å². The molecule has 1 fully saturated rings. The van der Waals surface area contributed by atoms with Crippen LogP contribution >= 0.6 is 0 Å². The van der Waals surface area contributed by atoms with Crippen molar-refractivity contribution in [3.63, 3.8) is 0 Å². The minimum absolute atomic E-state index is 0.0640. The zero-order valence-corrected chi connectivity index (χ0v) is 16.7. The fourth-order valence-electron chi connectivity index (χ4n) is 3.88. The summed E-state index contributed by atoms with van der Waals surface area (Å²) in [7, 11) is 3.12. The predicted octanol–water partition coefficient (Wildman–Crippen LogP) is -0.500. The maximum Gasteiger partial charge on any atom is 0.332 e. The highest BCUT2D eigenvalue weighted by atomic mass is 16.3. The molecule has 0 amide bonds. The van der Waals surface area contributed by atoms with Gasteiger partial charge >= 0.3 is 5.69 Å². The Kier molecular flexibility index (Phi) is 5.25. The smallest absolute Gasteiger partial charge is 0.332 e. The number of fused-ring (bicyclic) bond motifs is 1. The number of aliphatic hydroxyl groups is 1. The molecule has 29 heavy (non-hydrogen) atoms. The first-order chi connectivity index (χ1) is 14.0. The Labute approximate surface area is 167 Å².